The van der Waals surface area contributed by atoms with Crippen molar-refractivity contribution >= 4 is 0 Å². The van der Waals surface area contributed by atoms with Gasteiger partial charge < -0.3 is 0 Å². The molecule has 0 amide bonds. The quantitative estimate of drug-likeness (QED) is 0.787. The predicted octanol–water partition coefficient (Wildman–Crippen LogP) is 2.11. The zero-order chi connectivity index (χ0) is 12.1. The van der Waals surface area contributed by atoms with Crippen LogP contribution in [0.1, 0.15) is 42.9 Å². The van der Waals surface area contributed by atoms with Crippen LogP contribution in [-0.2, 0) is 0 Å². The highest BCUT2D eigenvalue weighted by atomic mass is 15.5. The average Bonchev–Trinajstić information content (AvgIpc) is 2.63. The van der Waals surface area contributed by atoms with Gasteiger partial charge in [-0.3, -0.25) is 10.4 Å². The van der Waals surface area contributed by atoms with Crippen molar-refractivity contribution in [1.82, 2.24) is 15.4 Å². The molecule has 1 aliphatic rings. The van der Waals surface area contributed by atoms with Gasteiger partial charge in [0.2, 0.25) is 0 Å². The topological polar surface area (TPSA) is 28.2 Å². The highest BCUT2D eigenvalue weighted by Gasteiger charge is 2.21. The van der Waals surface area contributed by atoms with Crippen molar-refractivity contribution in [1.29, 1.82) is 0 Å². The Bertz CT molecular complexity index is 408. The number of nitrogens with zero attached hydrogens (tertiary/aromatic N) is 2. The van der Waals surface area contributed by atoms with Gasteiger partial charge in [0.15, 0.2) is 0 Å². The Kier molecular flexibility index (Phi) is 4.13. The molecule has 1 N–H and O–H groups in total. The molecule has 0 bridgehead atoms. The van der Waals surface area contributed by atoms with Gasteiger partial charge in [-0.25, -0.2) is 5.01 Å². The molecule has 1 saturated heterocycles. The summed E-state index contributed by atoms with van der Waals surface area (Å²) < 4.78 is 0. The molecule has 1 aromatic heterocycles. The van der Waals surface area contributed by atoms with Crippen LogP contribution in [0, 0.1) is 12.3 Å². The highest BCUT2D eigenvalue weighted by Crippen LogP contribution is 2.28. The van der Waals surface area contributed by atoms with Crippen molar-refractivity contribution in [3.63, 3.8) is 0 Å². The first-order valence-corrected chi connectivity index (χ1v) is 6.20. The van der Waals surface area contributed by atoms with Gasteiger partial charge in [-0.05, 0) is 31.5 Å². The van der Waals surface area contributed by atoms with E-state index in [0.717, 1.165) is 18.5 Å². The smallest absolute Gasteiger partial charge is 0.0508 e. The lowest BCUT2D eigenvalue weighted by Crippen LogP contribution is -2.38. The maximum atomic E-state index is 5.43. The number of aromatic nitrogens is 1. The van der Waals surface area contributed by atoms with E-state index in [4.69, 9.17) is 6.42 Å². The van der Waals surface area contributed by atoms with Gasteiger partial charge in [-0.1, -0.05) is 18.8 Å². The van der Waals surface area contributed by atoms with E-state index in [0.29, 0.717) is 6.04 Å². The van der Waals surface area contributed by atoms with E-state index in [-0.39, 0.29) is 0 Å². The van der Waals surface area contributed by atoms with Gasteiger partial charge in [0.1, 0.15) is 0 Å². The molecule has 1 fully saturated rings. The van der Waals surface area contributed by atoms with Crippen LogP contribution < -0.4 is 5.43 Å². The van der Waals surface area contributed by atoms with Gasteiger partial charge in [-0.15, -0.1) is 6.42 Å². The molecule has 2 rings (SSSR count). The monoisotopic (exact) mass is 229 g/mol. The Morgan fingerprint density at radius 3 is 3.06 bits per heavy atom. The molecular formula is C14H19N3. The van der Waals surface area contributed by atoms with E-state index in [1.807, 2.05) is 13.2 Å². The van der Waals surface area contributed by atoms with Crippen LogP contribution in [0.5, 0.6) is 0 Å². The molecular weight excluding hydrogens is 210 g/mol. The second-order valence-electron chi connectivity index (χ2n) is 4.43. The molecule has 0 radical (unpaired) electrons. The third-order valence-electron chi connectivity index (χ3n) is 3.35. The molecule has 0 aromatic carbocycles. The number of hydrazine groups is 1. The second-order valence-corrected chi connectivity index (χ2v) is 4.43. The van der Waals surface area contributed by atoms with Crippen molar-refractivity contribution in [2.75, 3.05) is 13.6 Å². The minimum absolute atomic E-state index is 0.392. The summed E-state index contributed by atoms with van der Waals surface area (Å²) in [6.45, 7) is 1.08. The minimum Gasteiger partial charge on any atom is -0.263 e. The zero-order valence-electron chi connectivity index (χ0n) is 10.3. The van der Waals surface area contributed by atoms with Crippen LogP contribution in [0.15, 0.2) is 18.5 Å². The van der Waals surface area contributed by atoms with Gasteiger partial charge >= 0.3 is 0 Å². The van der Waals surface area contributed by atoms with Crippen LogP contribution in [0.3, 0.4) is 0 Å². The molecule has 17 heavy (non-hydrogen) atoms. The van der Waals surface area contributed by atoms with E-state index in [1.165, 1.54) is 24.8 Å². The molecule has 2 heterocycles. The first-order valence-electron chi connectivity index (χ1n) is 6.20. The van der Waals surface area contributed by atoms with Crippen LogP contribution in [-0.4, -0.2) is 23.6 Å². The summed E-state index contributed by atoms with van der Waals surface area (Å²) in [6.07, 6.45) is 14.1. The van der Waals surface area contributed by atoms with Crippen LogP contribution >= 0.6 is 0 Å². The zero-order valence-corrected chi connectivity index (χ0v) is 10.3. The first-order chi connectivity index (χ1) is 8.35. The van der Waals surface area contributed by atoms with Crippen molar-refractivity contribution in [3.05, 3.63) is 29.6 Å². The van der Waals surface area contributed by atoms with Crippen LogP contribution in [0.4, 0.5) is 0 Å². The maximum Gasteiger partial charge on any atom is 0.0508 e. The average molecular weight is 229 g/mol. The van der Waals surface area contributed by atoms with Crippen molar-refractivity contribution in [2.45, 2.75) is 31.7 Å². The molecule has 90 valence electrons. The molecule has 1 atom stereocenters. The molecule has 1 aliphatic heterocycles. The Hall–Kier alpha value is -1.37. The lowest BCUT2D eigenvalue weighted by Gasteiger charge is -2.29. The SMILES string of the molecule is C#Cc1cncc([C@@H]2CCCCCN2NC)c1. The predicted molar refractivity (Wildman–Crippen MR) is 69.1 cm³/mol. The Morgan fingerprint density at radius 2 is 2.29 bits per heavy atom. The number of pyridine rings is 1. The molecule has 0 saturated carbocycles. The van der Waals surface area contributed by atoms with E-state index in [1.54, 1.807) is 6.20 Å². The lowest BCUT2D eigenvalue weighted by atomic mass is 10.0. The van der Waals surface area contributed by atoms with Gasteiger partial charge in [-0.2, -0.15) is 0 Å². The fourth-order valence-electron chi connectivity index (χ4n) is 2.44. The van der Waals surface area contributed by atoms with Gasteiger partial charge in [0.05, 0.1) is 6.04 Å². The van der Waals surface area contributed by atoms with E-state index in [9.17, 15) is 0 Å². The lowest BCUT2D eigenvalue weighted by molar-refractivity contribution is 0.142. The van der Waals surface area contributed by atoms with Crippen LogP contribution in [0.2, 0.25) is 0 Å². The normalized spacial score (nSPS) is 21.8. The van der Waals surface area contributed by atoms with Crippen molar-refractivity contribution in [3.8, 4) is 12.3 Å². The molecule has 3 heteroatoms. The molecule has 0 unspecified atom stereocenters. The maximum absolute atomic E-state index is 5.43. The standard InChI is InChI=1S/C14H19N3/c1-3-12-9-13(11-16-10-12)14-7-5-4-6-8-17(14)15-2/h1,9-11,14-15H,4-8H2,2H3/t14-/m0/s1. The third-order valence-corrected chi connectivity index (χ3v) is 3.35. The van der Waals surface area contributed by atoms with E-state index >= 15 is 0 Å². The highest BCUT2D eigenvalue weighted by molar-refractivity contribution is 5.33. The number of rotatable bonds is 2. The summed E-state index contributed by atoms with van der Waals surface area (Å²) >= 11 is 0. The fraction of sp³-hybridized carbons (Fsp3) is 0.500. The van der Waals surface area contributed by atoms with Crippen molar-refractivity contribution in [2.24, 2.45) is 0 Å². The molecule has 0 spiro atoms. The number of terminal acetylenes is 1. The summed E-state index contributed by atoms with van der Waals surface area (Å²) in [5.74, 6) is 2.65. The summed E-state index contributed by atoms with van der Waals surface area (Å²) in [7, 11) is 1.98. The minimum atomic E-state index is 0.392. The van der Waals surface area contributed by atoms with Crippen molar-refractivity contribution < 1.29 is 0 Å². The van der Waals surface area contributed by atoms with Gasteiger partial charge in [0, 0.05) is 24.5 Å². The molecule has 1 aromatic rings. The van der Waals surface area contributed by atoms with E-state index < -0.39 is 0 Å². The number of hydrogen-bond donors (Lipinski definition) is 1. The van der Waals surface area contributed by atoms with Gasteiger partial charge in [0.25, 0.3) is 0 Å². The molecule has 3 nitrogen and oxygen atoms in total. The molecule has 0 aliphatic carbocycles. The first kappa shape index (κ1) is 12.1. The summed E-state index contributed by atoms with van der Waals surface area (Å²) in [5, 5.41) is 2.30. The third kappa shape index (κ3) is 2.85. The largest absolute Gasteiger partial charge is 0.263 e. The summed E-state index contributed by atoms with van der Waals surface area (Å²) in [4.78, 5) is 4.23. The Balaban J connectivity index is 2.25. The fourth-order valence-corrected chi connectivity index (χ4v) is 2.44. The van der Waals surface area contributed by atoms with E-state index in [2.05, 4.69) is 27.4 Å². The second kappa shape index (κ2) is 5.81. The Labute approximate surface area is 103 Å². The van der Waals surface area contributed by atoms with Crippen LogP contribution in [0.25, 0.3) is 0 Å². The number of hydrogen-bond acceptors (Lipinski definition) is 3. The number of nitrogens with one attached hydrogen (secondary N) is 1. The summed E-state index contributed by atoms with van der Waals surface area (Å²) in [5.41, 5.74) is 5.37. The Morgan fingerprint density at radius 1 is 1.41 bits per heavy atom. The summed E-state index contributed by atoms with van der Waals surface area (Å²) in [6, 6.07) is 2.47.